The van der Waals surface area contributed by atoms with E-state index in [0.717, 1.165) is 43.2 Å². The molecule has 4 nitrogen and oxygen atoms in total. The second-order valence-electron chi connectivity index (χ2n) is 4.94. The van der Waals surface area contributed by atoms with E-state index in [1.807, 2.05) is 24.3 Å². The summed E-state index contributed by atoms with van der Waals surface area (Å²) < 4.78 is 0. The number of aliphatic imine (C=N–C) groups is 1. The highest BCUT2D eigenvalue weighted by atomic mass is 35.5. The van der Waals surface area contributed by atoms with Gasteiger partial charge in [0.15, 0.2) is 5.96 Å². The molecule has 1 aromatic rings. The molecule has 1 fully saturated rings. The zero-order valence-electron chi connectivity index (χ0n) is 10.2. The first-order chi connectivity index (χ1) is 8.73. The fraction of sp³-hybridized carbons (Fsp3) is 0.462. The van der Waals surface area contributed by atoms with E-state index in [9.17, 15) is 0 Å². The van der Waals surface area contributed by atoms with Crippen molar-refractivity contribution in [3.63, 3.8) is 0 Å². The minimum Gasteiger partial charge on any atom is -0.369 e. The number of hydrogen-bond acceptors (Lipinski definition) is 4. The van der Waals surface area contributed by atoms with Gasteiger partial charge in [0.2, 0.25) is 0 Å². The summed E-state index contributed by atoms with van der Waals surface area (Å²) in [6.45, 7) is 2.78. The Morgan fingerprint density at radius 2 is 2.00 bits per heavy atom. The molecule has 1 spiro atoms. The first-order valence-corrected chi connectivity index (χ1v) is 6.66. The van der Waals surface area contributed by atoms with Crippen LogP contribution < -0.4 is 16.0 Å². The zero-order chi connectivity index (χ0) is 12.6. The first-order valence-electron chi connectivity index (χ1n) is 6.28. The van der Waals surface area contributed by atoms with Crippen molar-refractivity contribution in [1.29, 1.82) is 0 Å². The summed E-state index contributed by atoms with van der Waals surface area (Å²) in [4.78, 5) is 6.58. The molecule has 96 valence electrons. The molecule has 2 aliphatic rings. The Balaban J connectivity index is 2.01. The maximum Gasteiger partial charge on any atom is 0.196 e. The second kappa shape index (κ2) is 4.44. The molecule has 3 rings (SSSR count). The maximum atomic E-state index is 6.30. The standard InChI is InChI=1S/C13H17ClN4/c14-10-3-1-2-4-11(10)18-12(15)17-9-13(18)5-7-16-8-6-13/h1-4,16H,5-9H2,(H2,15,17). The molecule has 2 aliphatic heterocycles. The van der Waals surface area contributed by atoms with Crippen LogP contribution in [0.4, 0.5) is 5.69 Å². The van der Waals surface area contributed by atoms with E-state index in [0.29, 0.717) is 5.96 Å². The summed E-state index contributed by atoms with van der Waals surface area (Å²) in [7, 11) is 0. The van der Waals surface area contributed by atoms with Crippen LogP contribution in [0, 0.1) is 0 Å². The van der Waals surface area contributed by atoms with Crippen molar-refractivity contribution >= 4 is 23.2 Å². The second-order valence-corrected chi connectivity index (χ2v) is 5.34. The summed E-state index contributed by atoms with van der Waals surface area (Å²) in [5, 5.41) is 4.12. The monoisotopic (exact) mass is 264 g/mol. The van der Waals surface area contributed by atoms with Gasteiger partial charge in [0.25, 0.3) is 0 Å². The number of nitrogens with one attached hydrogen (secondary N) is 1. The molecule has 2 heterocycles. The number of piperidine rings is 1. The van der Waals surface area contributed by atoms with Crippen LogP contribution in [0.2, 0.25) is 5.02 Å². The lowest BCUT2D eigenvalue weighted by Crippen LogP contribution is -2.57. The number of anilines is 1. The molecule has 0 unspecified atom stereocenters. The average molecular weight is 265 g/mol. The van der Waals surface area contributed by atoms with Crippen LogP contribution in [0.1, 0.15) is 12.8 Å². The topological polar surface area (TPSA) is 53.6 Å². The van der Waals surface area contributed by atoms with E-state index in [2.05, 4.69) is 15.2 Å². The van der Waals surface area contributed by atoms with Crippen molar-refractivity contribution in [3.05, 3.63) is 29.3 Å². The molecule has 1 aromatic carbocycles. The summed E-state index contributed by atoms with van der Waals surface area (Å²) >= 11 is 6.30. The largest absolute Gasteiger partial charge is 0.369 e. The van der Waals surface area contributed by atoms with Gasteiger partial charge in [-0.3, -0.25) is 4.99 Å². The molecule has 0 bridgehead atoms. The minimum atomic E-state index is 0.0142. The quantitative estimate of drug-likeness (QED) is 0.810. The van der Waals surface area contributed by atoms with Gasteiger partial charge in [0, 0.05) is 0 Å². The number of guanidine groups is 1. The lowest BCUT2D eigenvalue weighted by Gasteiger charge is -2.42. The van der Waals surface area contributed by atoms with Gasteiger partial charge in [-0.2, -0.15) is 0 Å². The molecular formula is C13H17ClN4. The fourth-order valence-corrected chi connectivity index (χ4v) is 3.12. The Bertz CT molecular complexity index is 480. The Morgan fingerprint density at radius 1 is 1.28 bits per heavy atom. The van der Waals surface area contributed by atoms with E-state index in [4.69, 9.17) is 17.3 Å². The Kier molecular flexibility index (Phi) is 2.92. The number of nitrogens with two attached hydrogens (primary N) is 1. The predicted molar refractivity (Wildman–Crippen MR) is 75.3 cm³/mol. The highest BCUT2D eigenvalue weighted by Gasteiger charge is 2.44. The van der Waals surface area contributed by atoms with E-state index >= 15 is 0 Å². The third kappa shape index (κ3) is 1.76. The number of para-hydroxylation sites is 1. The Morgan fingerprint density at radius 3 is 2.72 bits per heavy atom. The average Bonchev–Trinajstić information content (AvgIpc) is 2.69. The lowest BCUT2D eigenvalue weighted by atomic mass is 9.87. The van der Waals surface area contributed by atoms with Gasteiger partial charge in [0.05, 0.1) is 22.8 Å². The van der Waals surface area contributed by atoms with E-state index in [1.54, 1.807) is 0 Å². The minimum absolute atomic E-state index is 0.0142. The van der Waals surface area contributed by atoms with Crippen LogP contribution in [-0.4, -0.2) is 31.1 Å². The molecule has 3 N–H and O–H groups in total. The Hall–Kier alpha value is -1.26. The van der Waals surface area contributed by atoms with Crippen molar-refractivity contribution < 1.29 is 0 Å². The van der Waals surface area contributed by atoms with Crippen LogP contribution in [0.5, 0.6) is 0 Å². The summed E-state index contributed by atoms with van der Waals surface area (Å²) in [6, 6.07) is 7.84. The number of hydrogen-bond donors (Lipinski definition) is 2. The van der Waals surface area contributed by atoms with Gasteiger partial charge in [-0.15, -0.1) is 0 Å². The summed E-state index contributed by atoms with van der Waals surface area (Å²) in [5.74, 6) is 0.588. The Labute approximate surface area is 112 Å². The number of benzene rings is 1. The van der Waals surface area contributed by atoms with Gasteiger partial charge in [-0.1, -0.05) is 23.7 Å². The summed E-state index contributed by atoms with van der Waals surface area (Å²) in [5.41, 5.74) is 7.07. The highest BCUT2D eigenvalue weighted by Crippen LogP contribution is 2.38. The first kappa shape index (κ1) is 11.8. The third-order valence-electron chi connectivity index (χ3n) is 3.87. The van der Waals surface area contributed by atoms with E-state index in [1.165, 1.54) is 0 Å². The smallest absolute Gasteiger partial charge is 0.196 e. The predicted octanol–water partition coefficient (Wildman–Crippen LogP) is 1.60. The molecule has 1 saturated heterocycles. The number of rotatable bonds is 1. The van der Waals surface area contributed by atoms with Crippen LogP contribution in [0.3, 0.4) is 0 Å². The molecule has 5 heteroatoms. The number of nitrogens with zero attached hydrogens (tertiary/aromatic N) is 2. The molecule has 0 aromatic heterocycles. The van der Waals surface area contributed by atoms with Crippen molar-refractivity contribution in [2.75, 3.05) is 24.5 Å². The molecule has 0 amide bonds. The van der Waals surface area contributed by atoms with Crippen LogP contribution >= 0.6 is 11.6 Å². The molecule has 0 radical (unpaired) electrons. The van der Waals surface area contributed by atoms with Crippen LogP contribution in [0.15, 0.2) is 29.3 Å². The van der Waals surface area contributed by atoms with E-state index in [-0.39, 0.29) is 5.54 Å². The lowest BCUT2D eigenvalue weighted by molar-refractivity contribution is 0.332. The van der Waals surface area contributed by atoms with Crippen molar-refractivity contribution in [2.24, 2.45) is 10.7 Å². The van der Waals surface area contributed by atoms with Gasteiger partial charge in [-0.25, -0.2) is 0 Å². The zero-order valence-corrected chi connectivity index (χ0v) is 11.0. The highest BCUT2D eigenvalue weighted by molar-refractivity contribution is 6.34. The molecule has 0 saturated carbocycles. The fourth-order valence-electron chi connectivity index (χ4n) is 2.90. The third-order valence-corrected chi connectivity index (χ3v) is 4.19. The van der Waals surface area contributed by atoms with Crippen LogP contribution in [-0.2, 0) is 0 Å². The van der Waals surface area contributed by atoms with Crippen LogP contribution in [0.25, 0.3) is 0 Å². The van der Waals surface area contributed by atoms with Crippen molar-refractivity contribution in [3.8, 4) is 0 Å². The summed E-state index contributed by atoms with van der Waals surface area (Å²) in [6.07, 6.45) is 2.09. The normalized spacial score (nSPS) is 22.3. The molecular weight excluding hydrogens is 248 g/mol. The molecule has 0 aliphatic carbocycles. The van der Waals surface area contributed by atoms with Crippen molar-refractivity contribution in [1.82, 2.24) is 5.32 Å². The van der Waals surface area contributed by atoms with Crippen molar-refractivity contribution in [2.45, 2.75) is 18.4 Å². The van der Waals surface area contributed by atoms with Gasteiger partial charge in [-0.05, 0) is 38.1 Å². The maximum absolute atomic E-state index is 6.30. The molecule has 0 atom stereocenters. The molecule has 18 heavy (non-hydrogen) atoms. The van der Waals surface area contributed by atoms with Gasteiger partial charge >= 0.3 is 0 Å². The van der Waals surface area contributed by atoms with Gasteiger partial charge < -0.3 is 16.0 Å². The SMILES string of the molecule is NC1=NCC2(CCNCC2)N1c1ccccc1Cl. The van der Waals surface area contributed by atoms with E-state index < -0.39 is 0 Å². The number of halogens is 1. The van der Waals surface area contributed by atoms with Gasteiger partial charge in [0.1, 0.15) is 0 Å².